The number of pyridine rings is 1. The third kappa shape index (κ3) is 2.71. The van der Waals surface area contributed by atoms with Gasteiger partial charge in [-0.05, 0) is 32.0 Å². The van der Waals surface area contributed by atoms with Crippen molar-refractivity contribution in [2.24, 2.45) is 5.73 Å². The Morgan fingerprint density at radius 2 is 2.38 bits per heavy atom. The van der Waals surface area contributed by atoms with E-state index in [1.54, 1.807) is 0 Å². The normalized spacial score (nSPS) is 17.9. The lowest BCUT2D eigenvalue weighted by molar-refractivity contribution is 0.308. The summed E-state index contributed by atoms with van der Waals surface area (Å²) in [6.45, 7) is 4.82. The number of likely N-dealkylation sites (N-methyl/N-ethyl adjacent to an activating group) is 1. The van der Waals surface area contributed by atoms with E-state index in [1.165, 1.54) is 11.3 Å². The zero-order valence-electron chi connectivity index (χ0n) is 10.0. The van der Waals surface area contributed by atoms with E-state index in [0.717, 1.165) is 31.9 Å². The minimum atomic E-state index is 0.153. The van der Waals surface area contributed by atoms with Gasteiger partial charge in [0.2, 0.25) is 0 Å². The molecular formula is C12H20N4. The van der Waals surface area contributed by atoms with E-state index >= 15 is 0 Å². The fraction of sp³-hybridized carbons (Fsp3) is 0.583. The van der Waals surface area contributed by atoms with Crippen molar-refractivity contribution >= 4 is 5.82 Å². The molecule has 4 heteroatoms. The van der Waals surface area contributed by atoms with Crippen LogP contribution in [0, 0.1) is 0 Å². The number of nitrogens with one attached hydrogen (secondary N) is 1. The number of hydrogen-bond donors (Lipinski definition) is 2. The van der Waals surface area contributed by atoms with Crippen LogP contribution in [-0.2, 0) is 13.0 Å². The summed E-state index contributed by atoms with van der Waals surface area (Å²) in [6, 6.07) is 4.38. The summed E-state index contributed by atoms with van der Waals surface area (Å²) >= 11 is 0. The van der Waals surface area contributed by atoms with Crippen molar-refractivity contribution in [1.82, 2.24) is 9.88 Å². The van der Waals surface area contributed by atoms with Crippen LogP contribution in [-0.4, -0.2) is 36.1 Å². The second kappa shape index (κ2) is 4.80. The molecule has 1 aromatic heterocycles. The highest BCUT2D eigenvalue weighted by Gasteiger charge is 2.14. The van der Waals surface area contributed by atoms with Crippen LogP contribution in [0.5, 0.6) is 0 Å². The molecule has 0 spiro atoms. The number of hydrogen-bond acceptors (Lipinski definition) is 4. The second-order valence-electron chi connectivity index (χ2n) is 4.65. The molecule has 16 heavy (non-hydrogen) atoms. The van der Waals surface area contributed by atoms with Crippen molar-refractivity contribution in [3.63, 3.8) is 0 Å². The van der Waals surface area contributed by atoms with Gasteiger partial charge in [0.25, 0.3) is 0 Å². The first kappa shape index (κ1) is 11.4. The molecule has 0 aliphatic carbocycles. The molecule has 0 bridgehead atoms. The first-order chi connectivity index (χ1) is 7.65. The van der Waals surface area contributed by atoms with Crippen LogP contribution in [0.4, 0.5) is 5.82 Å². The van der Waals surface area contributed by atoms with Crippen LogP contribution in [0.2, 0.25) is 0 Å². The van der Waals surface area contributed by atoms with E-state index in [4.69, 9.17) is 5.73 Å². The Kier molecular flexibility index (Phi) is 3.41. The predicted molar refractivity (Wildman–Crippen MR) is 66.4 cm³/mol. The molecule has 1 aliphatic heterocycles. The van der Waals surface area contributed by atoms with Crippen LogP contribution >= 0.6 is 0 Å². The van der Waals surface area contributed by atoms with Gasteiger partial charge in [0, 0.05) is 25.7 Å². The van der Waals surface area contributed by atoms with Crippen molar-refractivity contribution in [2.75, 3.05) is 25.5 Å². The topological polar surface area (TPSA) is 54.2 Å². The highest BCUT2D eigenvalue weighted by atomic mass is 15.1. The largest absolute Gasteiger partial charge is 0.369 e. The van der Waals surface area contributed by atoms with Gasteiger partial charge in [-0.1, -0.05) is 6.07 Å². The van der Waals surface area contributed by atoms with Gasteiger partial charge < -0.3 is 16.0 Å². The summed E-state index contributed by atoms with van der Waals surface area (Å²) in [5.74, 6) is 0.936. The lowest BCUT2D eigenvalue weighted by atomic mass is 10.1. The summed E-state index contributed by atoms with van der Waals surface area (Å²) in [7, 11) is 2.13. The molecule has 3 N–H and O–H groups in total. The summed E-state index contributed by atoms with van der Waals surface area (Å²) in [5, 5.41) is 3.25. The predicted octanol–water partition coefficient (Wildman–Crippen LogP) is 0.829. The van der Waals surface area contributed by atoms with Crippen molar-refractivity contribution in [2.45, 2.75) is 25.9 Å². The van der Waals surface area contributed by atoms with E-state index in [9.17, 15) is 0 Å². The van der Waals surface area contributed by atoms with Crippen molar-refractivity contribution < 1.29 is 0 Å². The molecule has 0 amide bonds. The maximum atomic E-state index is 5.70. The van der Waals surface area contributed by atoms with Crippen molar-refractivity contribution in [3.8, 4) is 0 Å². The lowest BCUT2D eigenvalue weighted by Gasteiger charge is -2.24. The number of aromatic nitrogens is 1. The third-order valence-electron chi connectivity index (χ3n) is 2.86. The van der Waals surface area contributed by atoms with E-state index in [-0.39, 0.29) is 6.04 Å². The zero-order chi connectivity index (χ0) is 11.5. The smallest absolute Gasteiger partial charge is 0.126 e. The average molecular weight is 220 g/mol. The molecule has 0 saturated carbocycles. The minimum Gasteiger partial charge on any atom is -0.369 e. The summed E-state index contributed by atoms with van der Waals surface area (Å²) < 4.78 is 0. The summed E-state index contributed by atoms with van der Waals surface area (Å²) in [6.07, 6.45) is 1.10. The van der Waals surface area contributed by atoms with Gasteiger partial charge in [-0.3, -0.25) is 0 Å². The van der Waals surface area contributed by atoms with Gasteiger partial charge in [0.05, 0.1) is 5.69 Å². The van der Waals surface area contributed by atoms with Crippen molar-refractivity contribution in [3.05, 3.63) is 23.4 Å². The molecule has 2 rings (SSSR count). The van der Waals surface area contributed by atoms with Gasteiger partial charge in [-0.2, -0.15) is 0 Å². The Morgan fingerprint density at radius 3 is 3.12 bits per heavy atom. The van der Waals surface area contributed by atoms with Gasteiger partial charge in [-0.15, -0.1) is 0 Å². The lowest BCUT2D eigenvalue weighted by Crippen LogP contribution is -2.28. The summed E-state index contributed by atoms with van der Waals surface area (Å²) in [4.78, 5) is 6.92. The number of fused-ring (bicyclic) bond motifs is 1. The fourth-order valence-corrected chi connectivity index (χ4v) is 1.90. The summed E-state index contributed by atoms with van der Waals surface area (Å²) in [5.41, 5.74) is 8.28. The minimum absolute atomic E-state index is 0.153. The van der Waals surface area contributed by atoms with Crippen LogP contribution in [0.25, 0.3) is 0 Å². The molecular weight excluding hydrogens is 200 g/mol. The van der Waals surface area contributed by atoms with E-state index in [2.05, 4.69) is 28.3 Å². The maximum absolute atomic E-state index is 5.70. The van der Waals surface area contributed by atoms with Gasteiger partial charge in [-0.25, -0.2) is 4.98 Å². The Labute approximate surface area is 96.8 Å². The maximum Gasteiger partial charge on any atom is 0.126 e. The number of nitrogens with zero attached hydrogens (tertiary/aromatic N) is 2. The standard InChI is InChI=1S/C12H20N4/c1-9(13)7-14-12-4-3-10-5-6-16(2)8-11(10)15-12/h3-4,9H,5-8,13H2,1-2H3,(H,14,15). The first-order valence-electron chi connectivity index (χ1n) is 5.82. The molecule has 1 atom stereocenters. The SMILES string of the molecule is CC(N)CNc1ccc2c(n1)CN(C)CC2. The Hall–Kier alpha value is -1.13. The van der Waals surface area contributed by atoms with Gasteiger partial charge >= 0.3 is 0 Å². The Morgan fingerprint density at radius 1 is 1.56 bits per heavy atom. The Bertz CT molecular complexity index is 362. The highest BCUT2D eigenvalue weighted by molar-refractivity contribution is 5.39. The zero-order valence-corrected chi connectivity index (χ0v) is 10.0. The molecule has 0 saturated heterocycles. The quantitative estimate of drug-likeness (QED) is 0.792. The number of anilines is 1. The Balaban J connectivity index is 2.09. The van der Waals surface area contributed by atoms with Crippen LogP contribution in [0.15, 0.2) is 12.1 Å². The molecule has 88 valence electrons. The second-order valence-corrected chi connectivity index (χ2v) is 4.65. The first-order valence-corrected chi connectivity index (χ1v) is 5.82. The molecule has 0 fully saturated rings. The fourth-order valence-electron chi connectivity index (χ4n) is 1.90. The molecule has 1 aromatic rings. The van der Waals surface area contributed by atoms with Crippen molar-refractivity contribution in [1.29, 1.82) is 0 Å². The monoisotopic (exact) mass is 220 g/mol. The van der Waals surface area contributed by atoms with Crippen LogP contribution in [0.1, 0.15) is 18.2 Å². The molecule has 0 radical (unpaired) electrons. The molecule has 1 aliphatic rings. The molecule has 0 aromatic carbocycles. The number of rotatable bonds is 3. The highest BCUT2D eigenvalue weighted by Crippen LogP contribution is 2.18. The molecule has 4 nitrogen and oxygen atoms in total. The van der Waals surface area contributed by atoms with Crippen LogP contribution < -0.4 is 11.1 Å². The molecule has 2 heterocycles. The third-order valence-corrected chi connectivity index (χ3v) is 2.86. The number of nitrogens with two attached hydrogens (primary N) is 1. The van der Waals surface area contributed by atoms with Gasteiger partial charge in [0.1, 0.15) is 5.82 Å². The van der Waals surface area contributed by atoms with E-state index in [1.807, 2.05) is 13.0 Å². The average Bonchev–Trinajstić information content (AvgIpc) is 2.25. The van der Waals surface area contributed by atoms with Crippen LogP contribution in [0.3, 0.4) is 0 Å². The molecule has 1 unspecified atom stereocenters. The van der Waals surface area contributed by atoms with Gasteiger partial charge in [0.15, 0.2) is 0 Å². The van der Waals surface area contributed by atoms with E-state index in [0.29, 0.717) is 0 Å². The van der Waals surface area contributed by atoms with E-state index < -0.39 is 0 Å².